The summed E-state index contributed by atoms with van der Waals surface area (Å²) in [6, 6.07) is 5.71. The van der Waals surface area contributed by atoms with Crippen molar-refractivity contribution >= 4 is 5.91 Å². The summed E-state index contributed by atoms with van der Waals surface area (Å²) >= 11 is 0. The Balaban J connectivity index is 1.46. The third-order valence-electron chi connectivity index (χ3n) is 4.71. The highest BCUT2D eigenvalue weighted by Gasteiger charge is 2.31. The Kier molecular flexibility index (Phi) is 4.40. The van der Waals surface area contributed by atoms with Gasteiger partial charge in [0.1, 0.15) is 17.7 Å². The van der Waals surface area contributed by atoms with Crippen LogP contribution in [0.4, 0.5) is 4.39 Å². The predicted molar refractivity (Wildman–Crippen MR) is 88.1 cm³/mol. The zero-order chi connectivity index (χ0) is 17.2. The fourth-order valence-corrected chi connectivity index (χ4v) is 3.45. The normalized spacial score (nSPS) is 22.4. The molecule has 2 aromatic rings. The number of halogens is 1. The lowest BCUT2D eigenvalue weighted by molar-refractivity contribution is -0.00305. The summed E-state index contributed by atoms with van der Waals surface area (Å²) in [6.07, 6.45) is 3.21. The fourth-order valence-electron chi connectivity index (χ4n) is 3.45. The molecule has 1 fully saturated rings. The average Bonchev–Trinajstić information content (AvgIpc) is 3.20. The molecule has 7 heteroatoms. The van der Waals surface area contributed by atoms with Crippen LogP contribution in [-0.4, -0.2) is 41.5 Å². The molecule has 1 amide bonds. The summed E-state index contributed by atoms with van der Waals surface area (Å²) in [5.74, 6) is -0.119. The first-order chi connectivity index (χ1) is 12.2. The van der Waals surface area contributed by atoms with Crippen molar-refractivity contribution in [1.29, 1.82) is 0 Å². The highest BCUT2D eigenvalue weighted by Crippen LogP contribution is 2.23. The molecule has 0 spiro atoms. The third kappa shape index (κ3) is 3.37. The van der Waals surface area contributed by atoms with E-state index in [-0.39, 0.29) is 23.9 Å². The Bertz CT molecular complexity index is 777. The molecule has 1 saturated heterocycles. The molecule has 0 radical (unpaired) electrons. The first-order valence-electron chi connectivity index (χ1n) is 8.57. The maximum atomic E-state index is 13.4. The van der Waals surface area contributed by atoms with Gasteiger partial charge >= 0.3 is 0 Å². The zero-order valence-electron chi connectivity index (χ0n) is 13.8. The minimum absolute atomic E-state index is 0.220. The van der Waals surface area contributed by atoms with E-state index in [0.29, 0.717) is 31.1 Å². The van der Waals surface area contributed by atoms with Crippen molar-refractivity contribution in [2.45, 2.75) is 37.8 Å². The van der Waals surface area contributed by atoms with Crippen molar-refractivity contribution in [3.05, 3.63) is 47.0 Å². The summed E-state index contributed by atoms with van der Waals surface area (Å²) in [6.45, 7) is 0.905. The van der Waals surface area contributed by atoms with Crippen LogP contribution >= 0.6 is 0 Å². The Morgan fingerprint density at radius 2 is 2.32 bits per heavy atom. The summed E-state index contributed by atoms with van der Waals surface area (Å²) < 4.78 is 24.7. The van der Waals surface area contributed by atoms with Gasteiger partial charge in [-0.15, -0.1) is 0 Å². The molecule has 1 aliphatic carbocycles. The molecule has 0 bridgehead atoms. The number of fused-ring (bicyclic) bond motifs is 1. The lowest BCUT2D eigenvalue weighted by Crippen LogP contribution is -2.52. The molecule has 1 aromatic heterocycles. The van der Waals surface area contributed by atoms with E-state index in [1.54, 1.807) is 12.1 Å². The van der Waals surface area contributed by atoms with Crippen molar-refractivity contribution in [2.75, 3.05) is 13.2 Å². The number of aromatic amines is 1. The minimum atomic E-state index is -0.350. The van der Waals surface area contributed by atoms with Gasteiger partial charge in [0.25, 0.3) is 5.91 Å². The van der Waals surface area contributed by atoms with Crippen LogP contribution in [0.5, 0.6) is 5.75 Å². The number of hydrogen-bond acceptors (Lipinski definition) is 4. The van der Waals surface area contributed by atoms with Gasteiger partial charge in [-0.05, 0) is 31.4 Å². The third-order valence-corrected chi connectivity index (χ3v) is 4.71. The Labute approximate surface area is 144 Å². The number of carbonyl (C=O) groups excluding carboxylic acids is 1. The molecule has 2 aliphatic rings. The molecule has 4 rings (SSSR count). The first-order valence-corrected chi connectivity index (χ1v) is 8.57. The van der Waals surface area contributed by atoms with Gasteiger partial charge in [0.2, 0.25) is 0 Å². The lowest BCUT2D eigenvalue weighted by Gasteiger charge is -2.32. The average molecular weight is 345 g/mol. The largest absolute Gasteiger partial charge is 0.488 e. The van der Waals surface area contributed by atoms with Crippen LogP contribution in [0.1, 0.15) is 34.6 Å². The number of H-pyrrole nitrogens is 1. The van der Waals surface area contributed by atoms with Crippen molar-refractivity contribution in [2.24, 2.45) is 0 Å². The number of nitrogens with one attached hydrogen (secondary N) is 2. The molecule has 1 aromatic carbocycles. The number of benzene rings is 1. The van der Waals surface area contributed by atoms with Gasteiger partial charge in [0, 0.05) is 23.7 Å². The van der Waals surface area contributed by atoms with Crippen molar-refractivity contribution in [3.63, 3.8) is 0 Å². The van der Waals surface area contributed by atoms with Gasteiger partial charge in [0.05, 0.1) is 19.3 Å². The molecule has 2 heterocycles. The SMILES string of the molecule is O=C(N[C@@H]1COCC[C@@H]1Oc1cccc(F)c1)c1n[nH]c2c1CCC2. The number of carbonyl (C=O) groups is 1. The highest BCUT2D eigenvalue weighted by atomic mass is 19.1. The minimum Gasteiger partial charge on any atom is -0.488 e. The second-order valence-corrected chi connectivity index (χ2v) is 6.44. The first kappa shape index (κ1) is 16.1. The van der Waals surface area contributed by atoms with E-state index < -0.39 is 0 Å². The summed E-state index contributed by atoms with van der Waals surface area (Å²) in [5.41, 5.74) is 2.53. The number of hydrogen-bond donors (Lipinski definition) is 2. The van der Waals surface area contributed by atoms with Crippen LogP contribution in [0.2, 0.25) is 0 Å². The topological polar surface area (TPSA) is 76.2 Å². The van der Waals surface area contributed by atoms with Crippen molar-refractivity contribution in [3.8, 4) is 5.75 Å². The molecule has 1 aliphatic heterocycles. The Hall–Kier alpha value is -2.41. The number of ether oxygens (including phenoxy) is 2. The lowest BCUT2D eigenvalue weighted by atomic mass is 10.1. The second-order valence-electron chi connectivity index (χ2n) is 6.44. The Morgan fingerprint density at radius 1 is 1.40 bits per heavy atom. The molecule has 2 atom stereocenters. The van der Waals surface area contributed by atoms with E-state index in [0.717, 1.165) is 30.5 Å². The number of aromatic nitrogens is 2. The number of amides is 1. The van der Waals surface area contributed by atoms with E-state index in [1.165, 1.54) is 12.1 Å². The summed E-state index contributed by atoms with van der Waals surface area (Å²) in [5, 5.41) is 10.1. The second kappa shape index (κ2) is 6.84. The molecule has 25 heavy (non-hydrogen) atoms. The van der Waals surface area contributed by atoms with Crippen molar-refractivity contribution < 1.29 is 18.7 Å². The zero-order valence-corrected chi connectivity index (χ0v) is 13.8. The van der Waals surface area contributed by atoms with Crippen LogP contribution in [0.25, 0.3) is 0 Å². The van der Waals surface area contributed by atoms with E-state index in [2.05, 4.69) is 15.5 Å². The number of rotatable bonds is 4. The van der Waals surface area contributed by atoms with E-state index >= 15 is 0 Å². The van der Waals surface area contributed by atoms with Crippen molar-refractivity contribution in [1.82, 2.24) is 15.5 Å². The van der Waals surface area contributed by atoms with Gasteiger partial charge < -0.3 is 14.8 Å². The number of nitrogens with zero attached hydrogens (tertiary/aromatic N) is 1. The van der Waals surface area contributed by atoms with Crippen LogP contribution in [0, 0.1) is 5.82 Å². The quantitative estimate of drug-likeness (QED) is 0.889. The predicted octanol–water partition coefficient (Wildman–Crippen LogP) is 2.00. The van der Waals surface area contributed by atoms with E-state index in [1.807, 2.05) is 0 Å². The fraction of sp³-hybridized carbons (Fsp3) is 0.444. The smallest absolute Gasteiger partial charge is 0.272 e. The molecule has 0 unspecified atom stereocenters. The molecule has 6 nitrogen and oxygen atoms in total. The molecule has 0 saturated carbocycles. The van der Waals surface area contributed by atoms with Gasteiger partial charge in [-0.25, -0.2) is 4.39 Å². The van der Waals surface area contributed by atoms with E-state index in [4.69, 9.17) is 9.47 Å². The van der Waals surface area contributed by atoms with Crippen LogP contribution in [0.15, 0.2) is 24.3 Å². The molecule has 132 valence electrons. The maximum absolute atomic E-state index is 13.4. The highest BCUT2D eigenvalue weighted by molar-refractivity contribution is 5.94. The molecular formula is C18H20FN3O3. The van der Waals surface area contributed by atoms with Gasteiger partial charge in [-0.2, -0.15) is 5.10 Å². The summed E-state index contributed by atoms with van der Waals surface area (Å²) in [7, 11) is 0. The molecule has 2 N–H and O–H groups in total. The van der Waals surface area contributed by atoms with E-state index in [9.17, 15) is 9.18 Å². The van der Waals surface area contributed by atoms with Gasteiger partial charge in [0.15, 0.2) is 5.69 Å². The van der Waals surface area contributed by atoms with Crippen LogP contribution in [-0.2, 0) is 17.6 Å². The van der Waals surface area contributed by atoms with Gasteiger partial charge in [-0.3, -0.25) is 9.89 Å². The van der Waals surface area contributed by atoms with Gasteiger partial charge in [-0.1, -0.05) is 6.07 Å². The molecular weight excluding hydrogens is 325 g/mol. The standard InChI is InChI=1S/C18H20FN3O3/c19-11-3-1-4-12(9-11)25-16-7-8-24-10-15(16)20-18(23)17-13-5-2-6-14(13)21-22-17/h1,3-4,9,15-16H,2,5-8,10H2,(H,20,23)(H,21,22)/t15-,16+/m1/s1. The monoisotopic (exact) mass is 345 g/mol. The van der Waals surface area contributed by atoms with Crippen LogP contribution < -0.4 is 10.1 Å². The number of aryl methyl sites for hydroxylation is 1. The van der Waals surface area contributed by atoms with Crippen LogP contribution in [0.3, 0.4) is 0 Å². The maximum Gasteiger partial charge on any atom is 0.272 e. The summed E-state index contributed by atoms with van der Waals surface area (Å²) in [4.78, 5) is 12.6. The Morgan fingerprint density at radius 3 is 3.20 bits per heavy atom.